The van der Waals surface area contributed by atoms with Crippen LogP contribution in [0, 0.1) is 11.6 Å². The highest BCUT2D eigenvalue weighted by Crippen LogP contribution is 2.30. The second-order valence-corrected chi connectivity index (χ2v) is 3.59. The van der Waals surface area contributed by atoms with Crippen molar-refractivity contribution in [3.63, 3.8) is 0 Å². The van der Waals surface area contributed by atoms with Gasteiger partial charge in [-0.3, -0.25) is 4.79 Å². The number of rotatable bonds is 2. The van der Waals surface area contributed by atoms with Crippen molar-refractivity contribution in [1.82, 2.24) is 0 Å². The van der Waals surface area contributed by atoms with Gasteiger partial charge in [-0.05, 0) is 18.4 Å². The van der Waals surface area contributed by atoms with E-state index >= 15 is 0 Å². The van der Waals surface area contributed by atoms with Crippen LogP contribution in [0.1, 0.15) is 10.4 Å². The summed E-state index contributed by atoms with van der Waals surface area (Å²) in [4.78, 5) is 10.2. The first-order valence-corrected chi connectivity index (χ1v) is 5.15. The Labute approximate surface area is 91.6 Å². The summed E-state index contributed by atoms with van der Waals surface area (Å²) in [6.07, 6.45) is -3.85. The van der Waals surface area contributed by atoms with Crippen LogP contribution in [0.3, 0.4) is 0 Å². The molecule has 0 saturated carbocycles. The van der Waals surface area contributed by atoms with Gasteiger partial charge in [0.25, 0.3) is 5.78 Å². The van der Waals surface area contributed by atoms with Gasteiger partial charge in [0, 0.05) is 5.56 Å². The number of hydrogen-bond acceptors (Lipinski definition) is 2. The smallest absolute Gasteiger partial charge is 0.284 e. The number of carbonyl (C=O) groups is 1. The molecular weight excluding hydrogens is 251 g/mol. The van der Waals surface area contributed by atoms with Crippen molar-refractivity contribution < 1.29 is 26.7 Å². The van der Waals surface area contributed by atoms with E-state index in [1.165, 1.54) is 6.26 Å². The van der Waals surface area contributed by atoms with Crippen molar-refractivity contribution in [2.75, 3.05) is 6.26 Å². The molecule has 0 aliphatic carbocycles. The Morgan fingerprint density at radius 1 is 1.25 bits per heavy atom. The number of ketones is 1. The van der Waals surface area contributed by atoms with Gasteiger partial charge in [-0.2, -0.15) is 13.2 Å². The molecule has 0 bridgehead atoms. The highest BCUT2D eigenvalue weighted by Gasteiger charge is 2.41. The molecule has 1 nitrogen and oxygen atoms in total. The van der Waals surface area contributed by atoms with Crippen LogP contribution in [0.5, 0.6) is 0 Å². The van der Waals surface area contributed by atoms with Gasteiger partial charge in [-0.1, -0.05) is 0 Å². The van der Waals surface area contributed by atoms with Gasteiger partial charge in [0.1, 0.15) is 0 Å². The fourth-order valence-corrected chi connectivity index (χ4v) is 1.72. The minimum Gasteiger partial charge on any atom is -0.284 e. The lowest BCUT2D eigenvalue weighted by Crippen LogP contribution is -2.23. The molecule has 0 radical (unpaired) electrons. The van der Waals surface area contributed by atoms with Gasteiger partial charge in [-0.15, -0.1) is 11.8 Å². The van der Waals surface area contributed by atoms with Crippen LogP contribution >= 0.6 is 11.8 Å². The van der Waals surface area contributed by atoms with E-state index in [0.717, 1.165) is 0 Å². The summed E-state index contributed by atoms with van der Waals surface area (Å²) < 4.78 is 62.1. The molecule has 16 heavy (non-hydrogen) atoms. The molecule has 0 aliphatic heterocycles. The summed E-state index contributed by atoms with van der Waals surface area (Å²) in [6, 6.07) is 1.12. The summed E-state index contributed by atoms with van der Waals surface area (Å²) in [7, 11) is 0. The number of benzene rings is 1. The summed E-state index contributed by atoms with van der Waals surface area (Å²) in [5, 5.41) is 0. The Bertz CT molecular complexity index is 427. The van der Waals surface area contributed by atoms with Crippen LogP contribution in [-0.2, 0) is 0 Å². The quantitative estimate of drug-likeness (QED) is 0.458. The van der Waals surface area contributed by atoms with Crippen molar-refractivity contribution in [2.24, 2.45) is 0 Å². The van der Waals surface area contributed by atoms with Crippen LogP contribution in [-0.4, -0.2) is 18.2 Å². The molecule has 0 spiro atoms. The first-order valence-electron chi connectivity index (χ1n) is 3.92. The molecule has 1 aromatic rings. The Balaban J connectivity index is 3.36. The van der Waals surface area contributed by atoms with Crippen molar-refractivity contribution >= 4 is 17.5 Å². The topological polar surface area (TPSA) is 17.1 Å². The highest BCUT2D eigenvalue weighted by atomic mass is 32.2. The van der Waals surface area contributed by atoms with Crippen LogP contribution in [0.2, 0.25) is 0 Å². The zero-order chi connectivity index (χ0) is 12.5. The standard InChI is InChI=1S/C9H5F5OS/c1-16-7-4(8(15)9(12,13)14)2-3-5(10)6(7)11/h2-3H,1H3. The van der Waals surface area contributed by atoms with E-state index in [9.17, 15) is 26.7 Å². The maximum Gasteiger partial charge on any atom is 0.454 e. The molecule has 0 fully saturated rings. The Morgan fingerprint density at radius 2 is 1.81 bits per heavy atom. The fraction of sp³-hybridized carbons (Fsp3) is 0.222. The van der Waals surface area contributed by atoms with Gasteiger partial charge in [0.15, 0.2) is 11.6 Å². The maximum atomic E-state index is 13.1. The molecule has 88 valence electrons. The lowest BCUT2D eigenvalue weighted by molar-refractivity contribution is -0.0887. The van der Waals surface area contributed by atoms with E-state index in [4.69, 9.17) is 0 Å². The molecule has 0 amide bonds. The van der Waals surface area contributed by atoms with Gasteiger partial charge >= 0.3 is 6.18 Å². The molecule has 0 saturated heterocycles. The molecule has 0 aliphatic rings. The molecule has 0 heterocycles. The van der Waals surface area contributed by atoms with E-state index in [1.807, 2.05) is 0 Å². The van der Waals surface area contributed by atoms with Gasteiger partial charge in [0.2, 0.25) is 0 Å². The average molecular weight is 256 g/mol. The third-order valence-electron chi connectivity index (χ3n) is 1.76. The van der Waals surface area contributed by atoms with Crippen molar-refractivity contribution in [1.29, 1.82) is 0 Å². The van der Waals surface area contributed by atoms with E-state index in [1.54, 1.807) is 0 Å². The van der Waals surface area contributed by atoms with Gasteiger partial charge < -0.3 is 0 Å². The first kappa shape index (κ1) is 13.0. The lowest BCUT2D eigenvalue weighted by atomic mass is 10.1. The van der Waals surface area contributed by atoms with E-state index in [0.29, 0.717) is 23.9 Å². The Hall–Kier alpha value is -1.11. The third kappa shape index (κ3) is 2.34. The number of thioether (sulfide) groups is 1. The number of halogens is 5. The number of Topliss-reactive ketones (excluding diaryl/α,β-unsaturated/α-hetero) is 1. The van der Waals surface area contributed by atoms with Gasteiger partial charge in [0.05, 0.1) is 4.90 Å². The highest BCUT2D eigenvalue weighted by molar-refractivity contribution is 7.98. The predicted molar refractivity (Wildman–Crippen MR) is 48.5 cm³/mol. The third-order valence-corrected chi connectivity index (χ3v) is 2.56. The first-order chi connectivity index (χ1) is 7.29. The number of carbonyl (C=O) groups excluding carboxylic acids is 1. The summed E-state index contributed by atoms with van der Waals surface area (Å²) in [5.41, 5.74) is -0.876. The minimum atomic E-state index is -5.10. The SMILES string of the molecule is CSc1c(C(=O)C(F)(F)F)ccc(F)c1F. The zero-order valence-corrected chi connectivity index (χ0v) is 8.68. The molecule has 0 unspecified atom stereocenters. The van der Waals surface area contributed by atoms with Gasteiger partial charge in [-0.25, -0.2) is 8.78 Å². The van der Waals surface area contributed by atoms with Crippen molar-refractivity contribution in [3.05, 3.63) is 29.3 Å². The molecule has 0 atom stereocenters. The van der Waals surface area contributed by atoms with Crippen LogP contribution < -0.4 is 0 Å². The van der Waals surface area contributed by atoms with E-state index < -0.39 is 34.1 Å². The molecular formula is C9H5F5OS. The fourth-order valence-electron chi connectivity index (χ4n) is 1.06. The second-order valence-electron chi connectivity index (χ2n) is 2.77. The second kappa shape index (κ2) is 4.40. The summed E-state index contributed by atoms with van der Waals surface area (Å²) in [5.74, 6) is -4.92. The normalized spacial score (nSPS) is 11.6. The summed E-state index contributed by atoms with van der Waals surface area (Å²) >= 11 is 0.545. The molecule has 0 aromatic heterocycles. The molecule has 7 heteroatoms. The van der Waals surface area contributed by atoms with E-state index in [2.05, 4.69) is 0 Å². The monoisotopic (exact) mass is 256 g/mol. The van der Waals surface area contributed by atoms with Crippen molar-refractivity contribution in [2.45, 2.75) is 11.1 Å². The van der Waals surface area contributed by atoms with Crippen LogP contribution in [0.15, 0.2) is 17.0 Å². The van der Waals surface area contributed by atoms with Crippen LogP contribution in [0.25, 0.3) is 0 Å². The Kier molecular flexibility index (Phi) is 3.57. The molecule has 1 aromatic carbocycles. The molecule has 1 rings (SSSR count). The minimum absolute atomic E-state index is 0.494. The zero-order valence-electron chi connectivity index (χ0n) is 7.86. The summed E-state index contributed by atoms with van der Waals surface area (Å²) in [6.45, 7) is 0. The number of hydrogen-bond donors (Lipinski definition) is 0. The predicted octanol–water partition coefficient (Wildman–Crippen LogP) is 3.43. The number of alkyl halides is 3. The van der Waals surface area contributed by atoms with Crippen LogP contribution in [0.4, 0.5) is 22.0 Å². The average Bonchev–Trinajstić information content (AvgIpc) is 2.19. The lowest BCUT2D eigenvalue weighted by Gasteiger charge is -2.10. The Morgan fingerprint density at radius 3 is 2.25 bits per heavy atom. The maximum absolute atomic E-state index is 13.1. The molecule has 0 N–H and O–H groups in total. The van der Waals surface area contributed by atoms with E-state index in [-0.39, 0.29) is 0 Å². The van der Waals surface area contributed by atoms with Crippen molar-refractivity contribution in [3.8, 4) is 0 Å². The largest absolute Gasteiger partial charge is 0.454 e.